The fourth-order valence-corrected chi connectivity index (χ4v) is 4.23. The summed E-state index contributed by atoms with van der Waals surface area (Å²) < 4.78 is 54.6. The number of hydrogen-bond donors (Lipinski definition) is 4. The molecule has 0 radical (unpaired) electrons. The van der Waals surface area contributed by atoms with E-state index in [9.17, 15) is 40.8 Å². The molecule has 0 unspecified atom stereocenters. The Balaban J connectivity index is 2.31. The van der Waals surface area contributed by atoms with Gasteiger partial charge in [0.05, 0.1) is 31.2 Å². The van der Waals surface area contributed by atoms with Crippen LogP contribution in [0.2, 0.25) is 0 Å². The molecule has 0 spiro atoms. The van der Waals surface area contributed by atoms with Gasteiger partial charge in [0.25, 0.3) is 17.4 Å². The third-order valence-electron chi connectivity index (χ3n) is 4.85. The molecule has 0 atom stereocenters. The van der Waals surface area contributed by atoms with E-state index in [1.807, 2.05) is 0 Å². The Morgan fingerprint density at radius 1 is 1.02 bits per heavy atom. The second kappa shape index (κ2) is 13.7. The summed E-state index contributed by atoms with van der Waals surface area (Å²) in [6, 6.07) is 0. The van der Waals surface area contributed by atoms with Gasteiger partial charge in [-0.25, -0.2) is 26.5 Å². The van der Waals surface area contributed by atoms with E-state index in [0.717, 1.165) is 28.6 Å². The maximum atomic E-state index is 12.9. The summed E-state index contributed by atoms with van der Waals surface area (Å²) in [4.78, 5) is 65.4. The van der Waals surface area contributed by atoms with Crippen molar-refractivity contribution in [2.24, 2.45) is 10.1 Å². The second-order valence-corrected chi connectivity index (χ2v) is 11.8. The number of allylic oxidation sites excluding steroid dienone is 2. The van der Waals surface area contributed by atoms with Crippen molar-refractivity contribution in [2.45, 2.75) is 19.4 Å². The number of hydrazone groups is 1. The molecule has 1 aromatic rings. The van der Waals surface area contributed by atoms with Crippen molar-refractivity contribution in [3.05, 3.63) is 33.6 Å². The van der Waals surface area contributed by atoms with Gasteiger partial charge in [-0.2, -0.15) is 5.10 Å². The zero-order chi connectivity index (χ0) is 31.0. The minimum Gasteiger partial charge on any atom is -0.428 e. The van der Waals surface area contributed by atoms with E-state index in [1.165, 1.54) is 32.3 Å². The number of carbonyl (C=O) groups is 4. The molecule has 0 aliphatic carbocycles. The van der Waals surface area contributed by atoms with Gasteiger partial charge >= 0.3 is 0 Å². The van der Waals surface area contributed by atoms with Crippen LogP contribution in [0.5, 0.6) is 5.88 Å². The van der Waals surface area contributed by atoms with Crippen molar-refractivity contribution in [1.29, 1.82) is 0 Å². The summed E-state index contributed by atoms with van der Waals surface area (Å²) in [5.41, 5.74) is -1.20. The van der Waals surface area contributed by atoms with Crippen molar-refractivity contribution in [1.82, 2.24) is 29.6 Å². The van der Waals surface area contributed by atoms with Crippen LogP contribution in [0.1, 0.15) is 18.4 Å². The lowest BCUT2D eigenvalue weighted by Gasteiger charge is -2.10. The molecular formula is C21H28N8O10S2. The van der Waals surface area contributed by atoms with E-state index >= 15 is 0 Å². The molecule has 18 nitrogen and oxygen atoms in total. The number of H-pyrrole nitrogens is 1. The molecule has 1 aromatic heterocycles. The smallest absolute Gasteiger partial charge is 0.277 e. The molecule has 224 valence electrons. The van der Waals surface area contributed by atoms with Gasteiger partial charge in [-0.3, -0.25) is 43.5 Å². The van der Waals surface area contributed by atoms with Crippen LogP contribution >= 0.6 is 0 Å². The zero-order valence-electron chi connectivity index (χ0n) is 22.3. The number of ether oxygens (including phenoxy) is 1. The molecule has 1 aliphatic heterocycles. The highest BCUT2D eigenvalue weighted by Gasteiger charge is 2.33. The minimum absolute atomic E-state index is 0.0662. The van der Waals surface area contributed by atoms with Crippen molar-refractivity contribution in [3.63, 3.8) is 0 Å². The fraction of sp³-hybridized carbons (Fsp3) is 0.381. The molecule has 0 saturated heterocycles. The van der Waals surface area contributed by atoms with Gasteiger partial charge in [0, 0.05) is 26.9 Å². The maximum Gasteiger partial charge on any atom is 0.277 e. The molecular weight excluding hydrogens is 588 g/mol. The lowest BCUT2D eigenvalue weighted by molar-refractivity contribution is -0.126. The van der Waals surface area contributed by atoms with Crippen molar-refractivity contribution in [2.75, 3.05) is 33.2 Å². The average molecular weight is 617 g/mol. The predicted molar refractivity (Wildman–Crippen MR) is 146 cm³/mol. The summed E-state index contributed by atoms with van der Waals surface area (Å²) in [5, 5.41) is 9.70. The summed E-state index contributed by atoms with van der Waals surface area (Å²) in [7, 11) is -4.86. The van der Waals surface area contributed by atoms with E-state index in [4.69, 9.17) is 4.74 Å². The Morgan fingerprint density at radius 2 is 1.61 bits per heavy atom. The molecule has 20 heteroatoms. The molecule has 4 N–H and O–H groups in total. The van der Waals surface area contributed by atoms with Crippen LogP contribution in [0, 0.1) is 0 Å². The van der Waals surface area contributed by atoms with E-state index in [0.29, 0.717) is 0 Å². The van der Waals surface area contributed by atoms with E-state index in [1.54, 1.807) is 9.44 Å². The van der Waals surface area contributed by atoms with Gasteiger partial charge in [0.2, 0.25) is 37.7 Å². The molecule has 0 fully saturated rings. The molecule has 0 bridgehead atoms. The first-order valence-corrected chi connectivity index (χ1v) is 15.3. The van der Waals surface area contributed by atoms with Crippen LogP contribution in [-0.2, 0) is 45.8 Å². The van der Waals surface area contributed by atoms with Crippen LogP contribution in [-0.4, -0.2) is 101 Å². The lowest BCUT2D eigenvalue weighted by atomic mass is 10.1. The predicted octanol–water partition coefficient (Wildman–Crippen LogP) is -2.97. The largest absolute Gasteiger partial charge is 0.428 e. The number of rotatable bonds is 13. The molecule has 0 saturated carbocycles. The maximum absolute atomic E-state index is 12.9. The first-order chi connectivity index (χ1) is 19.1. The second-order valence-electron chi connectivity index (χ2n) is 8.28. The number of sulfonamides is 2. The van der Waals surface area contributed by atoms with Crippen molar-refractivity contribution in [3.8, 4) is 5.88 Å². The number of hydrogen-bond acceptors (Lipinski definition) is 12. The number of nitrogens with zero attached hydrogens (tertiary/aromatic N) is 4. The van der Waals surface area contributed by atoms with Crippen molar-refractivity contribution >= 4 is 61.9 Å². The monoisotopic (exact) mass is 616 g/mol. The highest BCUT2D eigenvalue weighted by Crippen LogP contribution is 2.18. The molecule has 2 rings (SSSR count). The van der Waals surface area contributed by atoms with Crippen molar-refractivity contribution < 1.29 is 40.8 Å². The van der Waals surface area contributed by atoms with E-state index in [2.05, 4.69) is 20.5 Å². The number of carbonyl (C=O) groups excluding carboxylic acids is 4. The summed E-state index contributed by atoms with van der Waals surface area (Å²) >= 11 is 0. The zero-order valence-corrected chi connectivity index (χ0v) is 24.0. The Hall–Kier alpha value is -4.59. The van der Waals surface area contributed by atoms with Gasteiger partial charge in [0.15, 0.2) is 12.1 Å². The van der Waals surface area contributed by atoms with Gasteiger partial charge in [0.1, 0.15) is 5.56 Å². The Kier molecular flexibility index (Phi) is 10.9. The molecule has 1 aliphatic rings. The quantitative estimate of drug-likeness (QED) is 0.0995. The third kappa shape index (κ3) is 9.83. The van der Waals surface area contributed by atoms with Gasteiger partial charge < -0.3 is 10.1 Å². The van der Waals surface area contributed by atoms with Crippen LogP contribution in [0.4, 0.5) is 0 Å². The number of aromatic amines is 1. The topological polar surface area (TPSA) is 248 Å². The number of aromatic nitrogens is 2. The summed E-state index contributed by atoms with van der Waals surface area (Å²) in [6.45, 7) is -0.561. The highest BCUT2D eigenvalue weighted by molar-refractivity contribution is 7.89. The van der Waals surface area contributed by atoms with Crippen LogP contribution in [0.3, 0.4) is 0 Å². The van der Waals surface area contributed by atoms with Crippen LogP contribution < -0.4 is 25.1 Å². The highest BCUT2D eigenvalue weighted by atomic mass is 32.2. The fourth-order valence-electron chi connectivity index (χ4n) is 3.20. The van der Waals surface area contributed by atoms with E-state index < -0.39 is 55.7 Å². The standard InChI is InChI=1S/C21H28N8O10S2/c1-22-12-39-19-14(21(34)29(25-19)11-9-16(31)27-41(4,37)38)7-5-6-13-17(18(32)23-2)24-28(20(13)33)10-8-15(30)26-40(3,35)36/h5-7,12,25H,8-11H2,1-4H3,(H,23,32)(H,26,30)(H,27,31). The van der Waals surface area contributed by atoms with Gasteiger partial charge in [-0.05, 0) is 12.2 Å². The Morgan fingerprint density at radius 3 is 2.15 bits per heavy atom. The lowest BCUT2D eigenvalue weighted by Crippen LogP contribution is -2.33. The first kappa shape index (κ1) is 32.6. The normalized spacial score (nSPS) is 15.0. The Labute approximate surface area is 234 Å². The SMILES string of the molecule is CN=COc1[nH]n(CCC(=O)NS(C)(=O)=O)c(=O)c1C=CC=C1C(=O)N(CCC(=O)NS(C)(=O)=O)N=C1C(=O)NC. The minimum atomic E-state index is -3.80. The summed E-state index contributed by atoms with van der Waals surface area (Å²) in [6.07, 6.45) is 5.54. The first-order valence-electron chi connectivity index (χ1n) is 11.5. The number of aryl methyl sites for hydroxylation is 1. The molecule has 41 heavy (non-hydrogen) atoms. The van der Waals surface area contributed by atoms with Crippen LogP contribution in [0.15, 0.2) is 32.6 Å². The Bertz CT molecular complexity index is 1610. The summed E-state index contributed by atoms with van der Waals surface area (Å²) in [5.74, 6) is -3.29. The third-order valence-corrected chi connectivity index (χ3v) is 6.05. The average Bonchev–Trinajstić information content (AvgIpc) is 3.33. The van der Waals surface area contributed by atoms with Crippen LogP contribution in [0.25, 0.3) is 6.08 Å². The number of aliphatic imine (C=N–C) groups is 1. The molecule has 2 heterocycles. The molecule has 4 amide bonds. The molecule has 0 aromatic carbocycles. The van der Waals surface area contributed by atoms with Gasteiger partial charge in [-0.1, -0.05) is 6.08 Å². The number of nitrogens with one attached hydrogen (secondary N) is 4. The number of amides is 4. The van der Waals surface area contributed by atoms with Gasteiger partial charge in [-0.15, -0.1) is 0 Å². The van der Waals surface area contributed by atoms with E-state index in [-0.39, 0.29) is 42.2 Å².